The van der Waals surface area contributed by atoms with Crippen LogP contribution in [-0.2, 0) is 9.53 Å². The number of unbranched alkanes of at least 4 members (excludes halogenated alkanes) is 5. The highest BCUT2D eigenvalue weighted by molar-refractivity contribution is 5.87. The van der Waals surface area contributed by atoms with Crippen molar-refractivity contribution in [1.82, 2.24) is 10.6 Å². The fourth-order valence-corrected chi connectivity index (χ4v) is 2.53. The van der Waals surface area contributed by atoms with Crippen LogP contribution in [0.15, 0.2) is 12.2 Å². The maximum Gasteiger partial charge on any atom is 0.408 e. The second kappa shape index (κ2) is 14.5. The summed E-state index contributed by atoms with van der Waals surface area (Å²) in [4.78, 5) is 24.3. The molecule has 0 fully saturated rings. The number of carbonyl (C=O) groups is 2. The first-order valence-corrected chi connectivity index (χ1v) is 10.4. The molecule has 0 spiro atoms. The summed E-state index contributed by atoms with van der Waals surface area (Å²) in [6.45, 7) is 9.92. The lowest BCUT2D eigenvalue weighted by molar-refractivity contribution is -0.122. The Hall–Kier alpha value is -1.56. The van der Waals surface area contributed by atoms with Gasteiger partial charge in [0.1, 0.15) is 6.04 Å². The van der Waals surface area contributed by atoms with E-state index in [9.17, 15) is 14.7 Å². The Balaban J connectivity index is 4.76. The van der Waals surface area contributed by atoms with Gasteiger partial charge in [0.2, 0.25) is 5.91 Å². The average molecular weight is 385 g/mol. The molecule has 0 saturated carbocycles. The fourth-order valence-electron chi connectivity index (χ4n) is 2.53. The molecule has 6 nitrogen and oxygen atoms in total. The van der Waals surface area contributed by atoms with Gasteiger partial charge >= 0.3 is 6.09 Å². The molecule has 0 aromatic carbocycles. The number of hydrogen-bond donors (Lipinski definition) is 3. The number of alkyl carbamates (subject to hydrolysis) is 1. The lowest BCUT2D eigenvalue weighted by atomic mass is 9.96. The van der Waals surface area contributed by atoms with Crippen LogP contribution >= 0.6 is 0 Å². The fraction of sp³-hybridized carbons (Fsp3) is 0.810. The van der Waals surface area contributed by atoms with Crippen LogP contribution in [0, 0.1) is 0 Å². The minimum absolute atomic E-state index is 0.0506. The smallest absolute Gasteiger partial charge is 0.408 e. The van der Waals surface area contributed by atoms with Gasteiger partial charge in [0.25, 0.3) is 0 Å². The zero-order chi connectivity index (χ0) is 20.7. The minimum atomic E-state index is -1.02. The van der Waals surface area contributed by atoms with Gasteiger partial charge < -0.3 is 20.5 Å². The third-order valence-corrected chi connectivity index (χ3v) is 4.15. The SMILES string of the molecule is CCCCCCCC(C)(O)/C=C/C(NC(=O)OCCCC)C(=O)NC(C)C. The number of rotatable bonds is 14. The highest BCUT2D eigenvalue weighted by atomic mass is 16.5. The van der Waals surface area contributed by atoms with Crippen molar-refractivity contribution < 1.29 is 19.4 Å². The molecular weight excluding hydrogens is 344 g/mol. The zero-order valence-electron chi connectivity index (χ0n) is 17.8. The lowest BCUT2D eigenvalue weighted by Gasteiger charge is -2.21. The van der Waals surface area contributed by atoms with Crippen LogP contribution in [0.4, 0.5) is 4.79 Å². The van der Waals surface area contributed by atoms with E-state index < -0.39 is 17.7 Å². The largest absolute Gasteiger partial charge is 0.450 e. The summed E-state index contributed by atoms with van der Waals surface area (Å²) < 4.78 is 5.08. The number of carbonyl (C=O) groups excluding carboxylic acids is 2. The average Bonchev–Trinajstić information content (AvgIpc) is 2.58. The van der Waals surface area contributed by atoms with Gasteiger partial charge in [-0.1, -0.05) is 64.5 Å². The number of nitrogens with one attached hydrogen (secondary N) is 2. The quantitative estimate of drug-likeness (QED) is 0.311. The van der Waals surface area contributed by atoms with Gasteiger partial charge in [-0.05, 0) is 33.6 Å². The first kappa shape index (κ1) is 25.4. The van der Waals surface area contributed by atoms with Crippen molar-refractivity contribution in [2.24, 2.45) is 0 Å². The van der Waals surface area contributed by atoms with Crippen molar-refractivity contribution in [3.8, 4) is 0 Å². The Labute approximate surface area is 165 Å². The van der Waals surface area contributed by atoms with E-state index in [2.05, 4.69) is 17.6 Å². The summed E-state index contributed by atoms with van der Waals surface area (Å²) in [5.74, 6) is -0.326. The van der Waals surface area contributed by atoms with Crippen molar-refractivity contribution in [1.29, 1.82) is 0 Å². The van der Waals surface area contributed by atoms with Crippen molar-refractivity contribution in [3.63, 3.8) is 0 Å². The molecule has 0 saturated heterocycles. The maximum absolute atomic E-state index is 12.4. The Morgan fingerprint density at radius 1 is 1.04 bits per heavy atom. The molecule has 0 heterocycles. The molecule has 0 aromatic heterocycles. The van der Waals surface area contributed by atoms with E-state index in [4.69, 9.17) is 4.74 Å². The third-order valence-electron chi connectivity index (χ3n) is 4.15. The summed E-state index contributed by atoms with van der Waals surface area (Å²) in [6.07, 6.45) is 10.4. The standard InChI is InChI=1S/C21H40N2O4/c1-6-8-10-11-12-14-21(5,26)15-13-18(19(24)22-17(3)4)23-20(25)27-16-9-7-2/h13,15,17-18,26H,6-12,14,16H2,1-5H3,(H,22,24)(H,23,25)/b15-13+. The van der Waals surface area contributed by atoms with E-state index in [-0.39, 0.29) is 11.9 Å². The highest BCUT2D eigenvalue weighted by Crippen LogP contribution is 2.17. The molecule has 0 bridgehead atoms. The molecule has 2 unspecified atom stereocenters. The van der Waals surface area contributed by atoms with Crippen molar-refractivity contribution >= 4 is 12.0 Å². The van der Waals surface area contributed by atoms with Gasteiger partial charge in [0, 0.05) is 6.04 Å². The summed E-state index contributed by atoms with van der Waals surface area (Å²) in [7, 11) is 0. The molecule has 6 heteroatoms. The first-order chi connectivity index (χ1) is 12.7. The summed E-state index contributed by atoms with van der Waals surface area (Å²) >= 11 is 0. The van der Waals surface area contributed by atoms with Crippen LogP contribution < -0.4 is 10.6 Å². The van der Waals surface area contributed by atoms with Gasteiger partial charge in [0.15, 0.2) is 0 Å². The molecular formula is C21H40N2O4. The predicted octanol–water partition coefficient (Wildman–Crippen LogP) is 4.07. The normalized spacial score (nSPS) is 14.8. The molecule has 3 N–H and O–H groups in total. The van der Waals surface area contributed by atoms with E-state index in [1.54, 1.807) is 19.1 Å². The molecule has 0 aliphatic heterocycles. The molecule has 0 rings (SSSR count). The molecule has 2 atom stereocenters. The Morgan fingerprint density at radius 3 is 2.26 bits per heavy atom. The molecule has 0 aliphatic carbocycles. The van der Waals surface area contributed by atoms with Gasteiger partial charge in [-0.15, -0.1) is 0 Å². The third kappa shape index (κ3) is 14.2. The maximum atomic E-state index is 12.4. The van der Waals surface area contributed by atoms with Crippen LogP contribution in [0.2, 0.25) is 0 Å². The highest BCUT2D eigenvalue weighted by Gasteiger charge is 2.22. The second-order valence-electron chi connectivity index (χ2n) is 7.66. The number of aliphatic hydroxyl groups is 1. The van der Waals surface area contributed by atoms with E-state index in [0.717, 1.165) is 25.7 Å². The van der Waals surface area contributed by atoms with Gasteiger partial charge in [-0.3, -0.25) is 4.79 Å². The lowest BCUT2D eigenvalue weighted by Crippen LogP contribution is -2.48. The molecule has 0 radical (unpaired) electrons. The van der Waals surface area contributed by atoms with Gasteiger partial charge in [0.05, 0.1) is 12.2 Å². The monoisotopic (exact) mass is 384 g/mol. The summed E-state index contributed by atoms with van der Waals surface area (Å²) in [5, 5.41) is 15.9. The Bertz CT molecular complexity index is 447. The van der Waals surface area contributed by atoms with Crippen LogP contribution in [0.3, 0.4) is 0 Å². The summed E-state index contributed by atoms with van der Waals surface area (Å²) in [5.41, 5.74) is -1.02. The summed E-state index contributed by atoms with van der Waals surface area (Å²) in [6, 6.07) is -0.932. The first-order valence-electron chi connectivity index (χ1n) is 10.4. The van der Waals surface area contributed by atoms with Crippen LogP contribution in [-0.4, -0.2) is 41.4 Å². The van der Waals surface area contributed by atoms with E-state index in [1.165, 1.54) is 19.3 Å². The second-order valence-corrected chi connectivity index (χ2v) is 7.66. The van der Waals surface area contributed by atoms with Crippen molar-refractivity contribution in [2.45, 2.75) is 104 Å². The van der Waals surface area contributed by atoms with Crippen molar-refractivity contribution in [3.05, 3.63) is 12.2 Å². The van der Waals surface area contributed by atoms with Crippen LogP contribution in [0.25, 0.3) is 0 Å². The van der Waals surface area contributed by atoms with Crippen LogP contribution in [0.5, 0.6) is 0 Å². The van der Waals surface area contributed by atoms with E-state index in [1.807, 2.05) is 20.8 Å². The Morgan fingerprint density at radius 2 is 1.67 bits per heavy atom. The van der Waals surface area contributed by atoms with E-state index in [0.29, 0.717) is 13.0 Å². The van der Waals surface area contributed by atoms with Gasteiger partial charge in [-0.25, -0.2) is 4.79 Å². The molecule has 27 heavy (non-hydrogen) atoms. The molecule has 0 aromatic rings. The number of amides is 2. The van der Waals surface area contributed by atoms with Crippen LogP contribution in [0.1, 0.15) is 86.0 Å². The van der Waals surface area contributed by atoms with Gasteiger partial charge in [-0.2, -0.15) is 0 Å². The number of ether oxygens (including phenoxy) is 1. The predicted molar refractivity (Wildman–Crippen MR) is 110 cm³/mol. The topological polar surface area (TPSA) is 87.7 Å². The minimum Gasteiger partial charge on any atom is -0.450 e. The molecule has 2 amide bonds. The van der Waals surface area contributed by atoms with E-state index >= 15 is 0 Å². The number of hydrogen-bond acceptors (Lipinski definition) is 4. The zero-order valence-corrected chi connectivity index (χ0v) is 17.8. The van der Waals surface area contributed by atoms with Crippen molar-refractivity contribution in [2.75, 3.05) is 6.61 Å². The Kier molecular flexibility index (Phi) is 13.7. The molecule has 158 valence electrons. The molecule has 0 aliphatic rings.